The summed E-state index contributed by atoms with van der Waals surface area (Å²) in [4.78, 5) is 19.6. The lowest BCUT2D eigenvalue weighted by Crippen LogP contribution is -2.01. The van der Waals surface area contributed by atoms with Gasteiger partial charge in [-0.25, -0.2) is 19.9 Å². The van der Waals surface area contributed by atoms with Gasteiger partial charge in [-0.3, -0.25) is 0 Å². The van der Waals surface area contributed by atoms with Crippen LogP contribution in [0.4, 0.5) is 0 Å². The van der Waals surface area contributed by atoms with E-state index in [2.05, 4.69) is 48.5 Å². The molecule has 5 heteroatoms. The molecule has 0 fully saturated rings. The van der Waals surface area contributed by atoms with Crippen LogP contribution in [0.5, 0.6) is 0 Å². The van der Waals surface area contributed by atoms with Crippen LogP contribution in [-0.2, 0) is 0 Å². The van der Waals surface area contributed by atoms with E-state index < -0.39 is 0 Å². The van der Waals surface area contributed by atoms with E-state index in [1.54, 1.807) is 11.3 Å². The third kappa shape index (κ3) is 4.60. The molecule has 0 spiro atoms. The molecule has 4 nitrogen and oxygen atoms in total. The van der Waals surface area contributed by atoms with E-state index in [0.717, 1.165) is 48.6 Å². The Bertz CT molecular complexity index is 1840. The molecule has 7 rings (SSSR count). The zero-order valence-corrected chi connectivity index (χ0v) is 21.7. The zero-order valence-electron chi connectivity index (χ0n) is 20.9. The fourth-order valence-electron chi connectivity index (χ4n) is 4.66. The highest BCUT2D eigenvalue weighted by molar-refractivity contribution is 7.21. The second-order valence-corrected chi connectivity index (χ2v) is 10.2. The van der Waals surface area contributed by atoms with E-state index in [4.69, 9.17) is 19.9 Å². The molecule has 0 unspecified atom stereocenters. The Morgan fingerprint density at radius 2 is 0.897 bits per heavy atom. The summed E-state index contributed by atoms with van der Waals surface area (Å²) in [5, 5.41) is 1.02. The van der Waals surface area contributed by atoms with Crippen molar-refractivity contribution in [3.63, 3.8) is 0 Å². The molecule has 0 amide bonds. The van der Waals surface area contributed by atoms with Gasteiger partial charge in [-0.2, -0.15) is 0 Å². The summed E-state index contributed by atoms with van der Waals surface area (Å²) in [6.45, 7) is 0. The Morgan fingerprint density at radius 3 is 1.51 bits per heavy atom. The molecule has 0 aliphatic heterocycles. The Hall–Kier alpha value is -5.00. The normalized spacial score (nSPS) is 11.1. The van der Waals surface area contributed by atoms with Gasteiger partial charge in [0.1, 0.15) is 5.01 Å². The summed E-state index contributed by atoms with van der Waals surface area (Å²) in [6.07, 6.45) is 0. The van der Waals surface area contributed by atoms with Crippen LogP contribution >= 0.6 is 11.3 Å². The molecular weight excluding hydrogens is 496 g/mol. The number of rotatable bonds is 5. The highest BCUT2D eigenvalue weighted by Gasteiger charge is 2.16. The molecule has 184 valence electrons. The van der Waals surface area contributed by atoms with Gasteiger partial charge in [-0.15, -0.1) is 11.3 Å². The fourth-order valence-corrected chi connectivity index (χ4v) is 5.67. The number of hydrogen-bond donors (Lipinski definition) is 0. The zero-order chi connectivity index (χ0) is 26.0. The fraction of sp³-hybridized carbons (Fsp3) is 0. The summed E-state index contributed by atoms with van der Waals surface area (Å²) >= 11 is 1.71. The average Bonchev–Trinajstić information content (AvgIpc) is 3.46. The summed E-state index contributed by atoms with van der Waals surface area (Å²) in [5.74, 6) is 1.95. The number of hydrogen-bond acceptors (Lipinski definition) is 5. The van der Waals surface area contributed by atoms with Gasteiger partial charge in [0.15, 0.2) is 17.5 Å². The molecule has 2 heterocycles. The standard InChI is InChI=1S/C34H22N4S/c1-4-12-23(13-5-1)31-36-32(24-14-6-2-7-15-24)38-33(37-31)28-19-11-10-18-27(28)26-20-21-29-30(22-26)39-34(35-29)25-16-8-3-9-17-25/h1-22H. The van der Waals surface area contributed by atoms with Crippen LogP contribution in [0.25, 0.3) is 66.1 Å². The summed E-state index contributed by atoms with van der Waals surface area (Å²) in [7, 11) is 0. The van der Waals surface area contributed by atoms with E-state index >= 15 is 0 Å². The maximum Gasteiger partial charge on any atom is 0.164 e. The predicted octanol–water partition coefficient (Wildman–Crippen LogP) is 8.82. The second kappa shape index (κ2) is 10.0. The largest absolute Gasteiger partial charge is 0.236 e. The van der Waals surface area contributed by atoms with Crippen molar-refractivity contribution >= 4 is 21.6 Å². The van der Waals surface area contributed by atoms with Crippen molar-refractivity contribution in [1.29, 1.82) is 0 Å². The number of aromatic nitrogens is 4. The van der Waals surface area contributed by atoms with E-state index in [1.807, 2.05) is 84.9 Å². The Kier molecular flexibility index (Phi) is 5.96. The Balaban J connectivity index is 1.37. The molecular formula is C34H22N4S. The maximum atomic E-state index is 4.96. The van der Waals surface area contributed by atoms with Crippen molar-refractivity contribution in [3.8, 4) is 55.9 Å². The molecule has 7 aromatic rings. The molecule has 0 aliphatic carbocycles. The van der Waals surface area contributed by atoms with Gasteiger partial charge >= 0.3 is 0 Å². The van der Waals surface area contributed by atoms with E-state index in [1.165, 1.54) is 0 Å². The minimum absolute atomic E-state index is 0.646. The van der Waals surface area contributed by atoms with Crippen LogP contribution in [-0.4, -0.2) is 19.9 Å². The molecule has 0 N–H and O–H groups in total. The van der Waals surface area contributed by atoms with Crippen molar-refractivity contribution in [2.75, 3.05) is 0 Å². The second-order valence-electron chi connectivity index (χ2n) is 9.15. The van der Waals surface area contributed by atoms with Gasteiger partial charge in [0.2, 0.25) is 0 Å². The lowest BCUT2D eigenvalue weighted by atomic mass is 9.99. The van der Waals surface area contributed by atoms with Crippen molar-refractivity contribution in [1.82, 2.24) is 19.9 Å². The summed E-state index contributed by atoms with van der Waals surface area (Å²) in [6, 6.07) is 45.2. The molecule has 0 saturated carbocycles. The average molecular weight is 519 g/mol. The van der Waals surface area contributed by atoms with Crippen LogP contribution in [0, 0.1) is 0 Å². The van der Waals surface area contributed by atoms with Crippen molar-refractivity contribution in [2.24, 2.45) is 0 Å². The lowest BCUT2D eigenvalue weighted by molar-refractivity contribution is 1.07. The smallest absolute Gasteiger partial charge is 0.164 e. The maximum absolute atomic E-state index is 4.96. The lowest BCUT2D eigenvalue weighted by Gasteiger charge is -2.12. The number of nitrogens with zero attached hydrogens (tertiary/aromatic N) is 4. The monoisotopic (exact) mass is 518 g/mol. The minimum Gasteiger partial charge on any atom is -0.236 e. The van der Waals surface area contributed by atoms with E-state index in [0.29, 0.717) is 17.5 Å². The van der Waals surface area contributed by atoms with Crippen LogP contribution in [0.1, 0.15) is 0 Å². The number of thiazole rings is 1. The molecule has 39 heavy (non-hydrogen) atoms. The quantitative estimate of drug-likeness (QED) is 0.228. The van der Waals surface area contributed by atoms with Gasteiger partial charge in [0.25, 0.3) is 0 Å². The molecule has 2 aromatic heterocycles. The molecule has 0 aliphatic rings. The first kappa shape index (κ1) is 23.1. The molecule has 5 aromatic carbocycles. The minimum atomic E-state index is 0.646. The summed E-state index contributed by atoms with van der Waals surface area (Å²) < 4.78 is 1.15. The van der Waals surface area contributed by atoms with Crippen LogP contribution in [0.2, 0.25) is 0 Å². The first-order chi connectivity index (χ1) is 19.3. The van der Waals surface area contributed by atoms with Gasteiger partial charge in [0, 0.05) is 22.3 Å². The van der Waals surface area contributed by atoms with E-state index in [-0.39, 0.29) is 0 Å². The van der Waals surface area contributed by atoms with Crippen molar-refractivity contribution in [3.05, 3.63) is 133 Å². The SMILES string of the molecule is c1ccc(-c2nc(-c3ccccc3)nc(-c3ccccc3-c3ccc4nc(-c5ccccc5)sc4c3)n2)cc1. The number of benzene rings is 5. The van der Waals surface area contributed by atoms with Gasteiger partial charge in [-0.1, -0.05) is 121 Å². The predicted molar refractivity (Wildman–Crippen MR) is 160 cm³/mol. The third-order valence-electron chi connectivity index (χ3n) is 6.59. The first-order valence-electron chi connectivity index (χ1n) is 12.7. The van der Waals surface area contributed by atoms with Crippen molar-refractivity contribution < 1.29 is 0 Å². The van der Waals surface area contributed by atoms with Crippen LogP contribution in [0.15, 0.2) is 133 Å². The van der Waals surface area contributed by atoms with Gasteiger partial charge in [0.05, 0.1) is 10.2 Å². The molecule has 0 atom stereocenters. The highest BCUT2D eigenvalue weighted by atomic mass is 32.1. The van der Waals surface area contributed by atoms with Crippen LogP contribution in [0.3, 0.4) is 0 Å². The van der Waals surface area contributed by atoms with Crippen LogP contribution < -0.4 is 0 Å². The van der Waals surface area contributed by atoms with E-state index in [9.17, 15) is 0 Å². The first-order valence-corrected chi connectivity index (χ1v) is 13.6. The third-order valence-corrected chi connectivity index (χ3v) is 7.65. The molecule has 0 saturated heterocycles. The topological polar surface area (TPSA) is 51.6 Å². The Labute approximate surface area is 230 Å². The Morgan fingerprint density at radius 1 is 0.385 bits per heavy atom. The highest BCUT2D eigenvalue weighted by Crippen LogP contribution is 2.36. The van der Waals surface area contributed by atoms with Gasteiger partial charge < -0.3 is 0 Å². The summed E-state index contributed by atoms with van der Waals surface area (Å²) in [5.41, 5.74) is 7.17. The number of fused-ring (bicyclic) bond motifs is 1. The van der Waals surface area contributed by atoms with Crippen molar-refractivity contribution in [2.45, 2.75) is 0 Å². The molecule has 0 bridgehead atoms. The van der Waals surface area contributed by atoms with Gasteiger partial charge in [-0.05, 0) is 23.3 Å². The molecule has 0 radical (unpaired) electrons.